The quantitative estimate of drug-likeness (QED) is 0.0238. The van der Waals surface area contributed by atoms with Gasteiger partial charge in [-0.15, -0.1) is 8.58 Å². The molecule has 1 aliphatic heterocycles. The van der Waals surface area contributed by atoms with E-state index >= 15 is 0 Å². The molecule has 4 N–H and O–H groups in total. The van der Waals surface area contributed by atoms with Crippen molar-refractivity contribution >= 4 is 61.2 Å². The van der Waals surface area contributed by atoms with Gasteiger partial charge in [0.1, 0.15) is 18.4 Å². The third-order valence-electron chi connectivity index (χ3n) is 6.85. The molecule has 59 heavy (non-hydrogen) atoms. The van der Waals surface area contributed by atoms with E-state index in [0.717, 1.165) is 125 Å². The fraction of sp³-hybridized carbons (Fsp3) is 0.821. The molecule has 348 valence electrons. The van der Waals surface area contributed by atoms with Gasteiger partial charge < -0.3 is 43.9 Å². The van der Waals surface area contributed by atoms with Gasteiger partial charge in [0.2, 0.25) is 0 Å². The van der Waals surface area contributed by atoms with Gasteiger partial charge in [0, 0.05) is 64.6 Å². The molecule has 0 atom stereocenters. The number of cyclic esters (lactones) is 1. The monoisotopic (exact) mass is 904 g/mol. The van der Waals surface area contributed by atoms with Crippen molar-refractivity contribution in [3.63, 3.8) is 0 Å². The topological polar surface area (TPSA) is 285 Å². The number of rotatable bonds is 17. The van der Waals surface area contributed by atoms with Crippen molar-refractivity contribution in [3.05, 3.63) is 0 Å². The summed E-state index contributed by atoms with van der Waals surface area (Å²) in [6, 6.07) is 0. The van der Waals surface area contributed by atoms with E-state index in [1.54, 1.807) is 0 Å². The Hall–Kier alpha value is -1.89. The number of carboxylic acids is 1. The summed E-state index contributed by atoms with van der Waals surface area (Å²) in [5, 5.41) is 25.2. The summed E-state index contributed by atoms with van der Waals surface area (Å²) in [6.45, 7) is 5.15. The van der Waals surface area contributed by atoms with E-state index in [4.69, 9.17) is 32.5 Å². The van der Waals surface area contributed by atoms with Crippen LogP contribution in [0.3, 0.4) is 0 Å². The first-order valence-corrected chi connectivity index (χ1v) is 22.7. The van der Waals surface area contributed by atoms with Gasteiger partial charge in [0.25, 0.3) is 0 Å². The molecule has 1 saturated carbocycles. The minimum Gasteiger partial charge on any atom is -0.550 e. The number of unbranched alkanes of at least 4 members (excludes halogenated alkanes) is 8. The molecule has 0 aromatic carbocycles. The largest absolute Gasteiger partial charge is 1.00 e. The van der Waals surface area contributed by atoms with Crippen LogP contribution in [0.25, 0.3) is 0 Å². The first-order valence-electron chi connectivity index (χ1n) is 19.3. The van der Waals surface area contributed by atoms with Crippen LogP contribution in [0.15, 0.2) is 0 Å². The van der Waals surface area contributed by atoms with E-state index in [1.807, 2.05) is 0 Å². The molecule has 1 heterocycles. The number of ketones is 1. The van der Waals surface area contributed by atoms with E-state index in [9.17, 15) is 38.7 Å². The second-order valence-electron chi connectivity index (χ2n) is 12.0. The minimum atomic E-state index is -4.67. The number of esters is 3. The van der Waals surface area contributed by atoms with Crippen LogP contribution < -0.4 is 34.7 Å². The number of carbonyl (C=O) groups excluding carboxylic acids is 7. The zero-order chi connectivity index (χ0) is 45.0. The van der Waals surface area contributed by atoms with Crippen LogP contribution in [0.1, 0.15) is 162 Å². The Bertz CT molecular complexity index is 997. The van der Waals surface area contributed by atoms with E-state index in [-0.39, 0.29) is 67.9 Å². The van der Waals surface area contributed by atoms with E-state index in [2.05, 4.69) is 22.8 Å². The van der Waals surface area contributed by atoms with Crippen molar-refractivity contribution in [2.75, 3.05) is 47.9 Å². The Morgan fingerprint density at radius 2 is 1.05 bits per heavy atom. The number of carboxylic acid groups (broad SMARTS) is 1. The number of hydrogen-bond acceptors (Lipinski definition) is 15. The second-order valence-corrected chi connectivity index (χ2v) is 13.9. The molecule has 0 aromatic heterocycles. The third kappa shape index (κ3) is 102. The van der Waals surface area contributed by atoms with Crippen LogP contribution in [0.4, 0.5) is 0 Å². The summed E-state index contributed by atoms with van der Waals surface area (Å²) in [4.78, 5) is 71.7. The first kappa shape index (κ1) is 74.6. The predicted octanol–water partition coefficient (Wildman–Crippen LogP) is 2.44. The molecule has 17 nitrogen and oxygen atoms in total. The van der Waals surface area contributed by atoms with Gasteiger partial charge in [-0.25, -0.2) is 0 Å². The maximum Gasteiger partial charge on any atom is 1.00 e. The maximum absolute atomic E-state index is 10.7. The number of aliphatic carboxylic acids is 1. The third-order valence-corrected chi connectivity index (χ3v) is 6.85. The smallest absolute Gasteiger partial charge is 0.550 e. The van der Waals surface area contributed by atoms with Crippen molar-refractivity contribution in [1.82, 2.24) is 0 Å². The summed E-state index contributed by atoms with van der Waals surface area (Å²) < 4.78 is 45.2. The number of ether oxygens (including phenoxy) is 3. The standard InChI is InChI=1S/C8H14O3.C7H14O3.C7H12O3.C7H12O.C6H10O2.C2H7P.CH4O.CH4.Na.H2O4S/c1-11-8(10)6-4-2-3-5-7-9;1-10-7(9)5-3-2-4-6-8;8-6-4-2-1-3-5-7(9)10;8-7-5-3-1-2-4-6-7;7-6-4-2-1-3-5-8-6;1-3-2;1-2;;;1-5(2,3)4/h7H,2-6H2,1H3;8H,2-6H2,1H3;6H,1-5H2,(H,9,10);1-6H2;1-5H2;3H,1-2H3;2H,1H3;1H4;;(H2,1,2,3,4)/q;;;;;;;;+1;/p-1. The van der Waals surface area contributed by atoms with Gasteiger partial charge in [-0.3, -0.25) is 28.3 Å². The Labute approximate surface area is 378 Å². The fourth-order valence-corrected chi connectivity index (χ4v) is 4.04. The molecular weight excluding hydrogens is 826 g/mol. The number of aliphatic hydroxyl groups is 2. The Balaban J connectivity index is -0.0000000864. The molecule has 0 radical (unpaired) electrons. The van der Waals surface area contributed by atoms with Gasteiger partial charge in [0.05, 0.1) is 20.8 Å². The van der Waals surface area contributed by atoms with Crippen molar-refractivity contribution in [3.8, 4) is 0 Å². The summed E-state index contributed by atoms with van der Waals surface area (Å²) in [5.74, 6) is -0.898. The van der Waals surface area contributed by atoms with Crippen LogP contribution in [0, 0.1) is 0 Å². The molecular formula is C39H78NaO17PS. The van der Waals surface area contributed by atoms with Crippen LogP contribution >= 0.6 is 8.58 Å². The zero-order valence-corrected chi connectivity index (χ0v) is 39.9. The van der Waals surface area contributed by atoms with Crippen molar-refractivity contribution in [2.24, 2.45) is 0 Å². The number of hydrogen-bond donors (Lipinski definition) is 4. The molecule has 1 saturated heterocycles. The average molecular weight is 905 g/mol. The summed E-state index contributed by atoms with van der Waals surface area (Å²) in [5.41, 5.74) is 0. The van der Waals surface area contributed by atoms with Crippen molar-refractivity contribution < 1.29 is 110 Å². The number of methoxy groups -OCH3 is 2. The number of aldehydes is 2. The van der Waals surface area contributed by atoms with Gasteiger partial charge in [-0.05, 0) is 90.4 Å². The van der Waals surface area contributed by atoms with Gasteiger partial charge in [-0.2, -0.15) is 8.42 Å². The molecule has 20 heteroatoms. The molecule has 0 amide bonds. The van der Waals surface area contributed by atoms with E-state index in [0.29, 0.717) is 50.9 Å². The van der Waals surface area contributed by atoms with Gasteiger partial charge >= 0.3 is 57.9 Å². The fourth-order valence-electron chi connectivity index (χ4n) is 4.04. The minimum absolute atomic E-state index is 0. The summed E-state index contributed by atoms with van der Waals surface area (Å²) in [7, 11) is 0.183. The molecule has 2 fully saturated rings. The van der Waals surface area contributed by atoms with E-state index in [1.165, 1.54) is 27.1 Å². The Morgan fingerprint density at radius 1 is 0.695 bits per heavy atom. The summed E-state index contributed by atoms with van der Waals surface area (Å²) >= 11 is 0. The molecule has 0 unspecified atom stereocenters. The Kier molecular flexibility index (Phi) is 82.4. The van der Waals surface area contributed by atoms with Crippen LogP contribution in [0.5, 0.6) is 0 Å². The Morgan fingerprint density at radius 3 is 1.41 bits per heavy atom. The van der Waals surface area contributed by atoms with Crippen LogP contribution in [-0.2, 0) is 58.2 Å². The first-order chi connectivity index (χ1) is 27.1. The van der Waals surface area contributed by atoms with Crippen LogP contribution in [-0.4, -0.2) is 118 Å². The number of aliphatic hydroxyl groups excluding tert-OH is 2. The van der Waals surface area contributed by atoms with Gasteiger partial charge in [0.15, 0.2) is 0 Å². The molecule has 0 aromatic rings. The average Bonchev–Trinajstić information content (AvgIpc) is 3.58. The molecule has 2 aliphatic rings. The molecule has 0 bridgehead atoms. The predicted molar refractivity (Wildman–Crippen MR) is 224 cm³/mol. The van der Waals surface area contributed by atoms with Crippen molar-refractivity contribution in [2.45, 2.75) is 162 Å². The number of Topliss-reactive ketones (excluding diaryl/α,β-unsaturated/α-hetero) is 1. The molecule has 2 rings (SSSR count). The molecule has 0 spiro atoms. The number of carbonyl (C=O) groups is 7. The van der Waals surface area contributed by atoms with Gasteiger partial charge in [-0.1, -0.05) is 39.5 Å². The maximum atomic E-state index is 10.7. The SMILES string of the molecule is C.CO.COC(=O)CCCCCC=O.COC(=O)CCCCCO.CPC.O=C1CCCCCC1.O=C1CCCCCO1.O=CCCCCCC(=O)[O-].O=S(=O)(O)O.[Na+]. The second kappa shape index (κ2) is 65.2. The molecule has 1 aliphatic carbocycles. The van der Waals surface area contributed by atoms with E-state index < -0.39 is 16.4 Å². The normalized spacial score (nSPS) is 12.3. The summed E-state index contributed by atoms with van der Waals surface area (Å²) in [6.07, 6.45) is 21.6. The van der Waals surface area contributed by atoms with Crippen LogP contribution in [0.2, 0.25) is 0 Å². The zero-order valence-electron chi connectivity index (χ0n) is 36.0. The van der Waals surface area contributed by atoms with Crippen molar-refractivity contribution in [1.29, 1.82) is 0 Å².